The third-order valence-electron chi connectivity index (χ3n) is 3.92. The Bertz CT molecular complexity index is 442. The largest absolute Gasteiger partial charge is 0.478 e. The van der Waals surface area contributed by atoms with Crippen LogP contribution in [0.15, 0.2) is 36.4 Å². The molecule has 0 spiro atoms. The van der Waals surface area contributed by atoms with E-state index in [2.05, 4.69) is 12.1 Å². The van der Waals surface area contributed by atoms with Crippen LogP contribution in [0.2, 0.25) is 5.02 Å². The first kappa shape index (κ1) is 14.1. The van der Waals surface area contributed by atoms with Crippen LogP contribution in [0.1, 0.15) is 43.6 Å². The van der Waals surface area contributed by atoms with Gasteiger partial charge in [-0.05, 0) is 61.6 Å². The number of allylic oxidation sites excluding steroid dienone is 1. The summed E-state index contributed by atoms with van der Waals surface area (Å²) >= 11 is 5.90. The van der Waals surface area contributed by atoms with Crippen LogP contribution in [-0.2, 0) is 4.79 Å². The topological polar surface area (TPSA) is 37.3 Å². The number of rotatable bonds is 4. The highest BCUT2D eigenvalue weighted by Crippen LogP contribution is 2.37. The molecule has 0 unspecified atom stereocenters. The van der Waals surface area contributed by atoms with Crippen LogP contribution in [0, 0.1) is 5.92 Å². The predicted molar refractivity (Wildman–Crippen MR) is 77.5 cm³/mol. The van der Waals surface area contributed by atoms with E-state index in [-0.39, 0.29) is 0 Å². The Kier molecular flexibility index (Phi) is 5.03. The lowest BCUT2D eigenvalue weighted by molar-refractivity contribution is -0.131. The Balaban J connectivity index is 1.82. The Morgan fingerprint density at radius 1 is 1.21 bits per heavy atom. The molecule has 2 nitrogen and oxygen atoms in total. The number of hydrogen-bond donors (Lipinski definition) is 1. The molecule has 1 aliphatic rings. The molecule has 1 N–H and O–H groups in total. The van der Waals surface area contributed by atoms with Crippen LogP contribution in [-0.4, -0.2) is 11.1 Å². The smallest absolute Gasteiger partial charge is 0.327 e. The fourth-order valence-electron chi connectivity index (χ4n) is 2.83. The lowest BCUT2D eigenvalue weighted by Crippen LogP contribution is -2.12. The number of carbonyl (C=O) groups is 1. The summed E-state index contributed by atoms with van der Waals surface area (Å²) in [4.78, 5) is 10.4. The highest BCUT2D eigenvalue weighted by Gasteiger charge is 2.21. The summed E-state index contributed by atoms with van der Waals surface area (Å²) in [6.07, 6.45) is 8.66. The van der Waals surface area contributed by atoms with E-state index in [0.29, 0.717) is 11.8 Å². The van der Waals surface area contributed by atoms with Gasteiger partial charge in [0.05, 0.1) is 0 Å². The zero-order chi connectivity index (χ0) is 13.7. The third kappa shape index (κ3) is 4.39. The summed E-state index contributed by atoms with van der Waals surface area (Å²) in [6.45, 7) is 0. The molecule has 0 saturated heterocycles. The van der Waals surface area contributed by atoms with Crippen molar-refractivity contribution in [2.45, 2.75) is 38.0 Å². The van der Waals surface area contributed by atoms with Crippen LogP contribution < -0.4 is 0 Å². The van der Waals surface area contributed by atoms with Gasteiger partial charge in [-0.2, -0.15) is 0 Å². The zero-order valence-electron chi connectivity index (χ0n) is 10.9. The quantitative estimate of drug-likeness (QED) is 0.814. The summed E-state index contributed by atoms with van der Waals surface area (Å²) < 4.78 is 0. The average Bonchev–Trinajstić information content (AvgIpc) is 2.40. The normalized spacial score (nSPS) is 23.6. The lowest BCUT2D eigenvalue weighted by Gasteiger charge is -2.28. The van der Waals surface area contributed by atoms with E-state index in [9.17, 15) is 4.79 Å². The van der Waals surface area contributed by atoms with Gasteiger partial charge in [-0.1, -0.05) is 29.8 Å². The predicted octanol–water partition coefficient (Wildman–Crippen LogP) is 4.64. The van der Waals surface area contributed by atoms with Gasteiger partial charge < -0.3 is 5.11 Å². The summed E-state index contributed by atoms with van der Waals surface area (Å²) in [5, 5.41) is 9.35. The molecule has 19 heavy (non-hydrogen) atoms. The molecule has 1 aromatic rings. The van der Waals surface area contributed by atoms with Crippen LogP contribution >= 0.6 is 11.6 Å². The molecule has 0 aliphatic heterocycles. The van der Waals surface area contributed by atoms with Gasteiger partial charge in [-0.15, -0.1) is 0 Å². The van der Waals surface area contributed by atoms with Crippen LogP contribution in [0.4, 0.5) is 0 Å². The van der Waals surface area contributed by atoms with Crippen molar-refractivity contribution >= 4 is 17.6 Å². The minimum Gasteiger partial charge on any atom is -0.478 e. The maximum atomic E-state index is 10.4. The fourth-order valence-corrected chi connectivity index (χ4v) is 2.95. The SMILES string of the molecule is O=C(O)/C=C/C[C@H]1CC[C@H](c2ccc(Cl)cc2)CC1. The molecule has 0 aromatic heterocycles. The number of benzene rings is 1. The fraction of sp³-hybridized carbons (Fsp3) is 0.438. The molecule has 1 aromatic carbocycles. The molecule has 0 amide bonds. The van der Waals surface area contributed by atoms with Crippen LogP contribution in [0.3, 0.4) is 0 Å². The number of carboxylic acid groups (broad SMARTS) is 1. The molecule has 0 radical (unpaired) electrons. The van der Waals surface area contributed by atoms with Gasteiger partial charge >= 0.3 is 5.97 Å². The molecule has 0 bridgehead atoms. The average molecular weight is 279 g/mol. The van der Waals surface area contributed by atoms with Crippen molar-refractivity contribution < 1.29 is 9.90 Å². The van der Waals surface area contributed by atoms with Crippen LogP contribution in [0.25, 0.3) is 0 Å². The minimum atomic E-state index is -0.852. The van der Waals surface area contributed by atoms with Crippen molar-refractivity contribution in [3.05, 3.63) is 47.0 Å². The highest BCUT2D eigenvalue weighted by atomic mass is 35.5. The monoisotopic (exact) mass is 278 g/mol. The summed E-state index contributed by atoms with van der Waals surface area (Å²) in [7, 11) is 0. The van der Waals surface area contributed by atoms with Crippen molar-refractivity contribution in [1.82, 2.24) is 0 Å². The molecule has 0 atom stereocenters. The number of aliphatic carboxylic acids is 1. The maximum absolute atomic E-state index is 10.4. The standard InChI is InChI=1S/C16H19ClO2/c17-15-10-8-14(9-11-15)13-6-4-12(5-7-13)2-1-3-16(18)19/h1,3,8-13H,2,4-7H2,(H,18,19)/b3-1+/t12-,13-. The molecule has 102 valence electrons. The minimum absolute atomic E-state index is 0.636. The molecule has 0 heterocycles. The van der Waals surface area contributed by atoms with Crippen molar-refractivity contribution in [1.29, 1.82) is 0 Å². The molecule has 2 rings (SSSR count). The Hall–Kier alpha value is -1.28. The molecule has 1 saturated carbocycles. The number of hydrogen-bond acceptors (Lipinski definition) is 1. The van der Waals surface area contributed by atoms with Gasteiger partial charge in [0.15, 0.2) is 0 Å². The zero-order valence-corrected chi connectivity index (χ0v) is 11.6. The van der Waals surface area contributed by atoms with Gasteiger partial charge in [0.1, 0.15) is 0 Å². The molecule has 1 fully saturated rings. The van der Waals surface area contributed by atoms with E-state index in [1.165, 1.54) is 37.3 Å². The van der Waals surface area contributed by atoms with E-state index >= 15 is 0 Å². The van der Waals surface area contributed by atoms with Gasteiger partial charge in [0, 0.05) is 11.1 Å². The lowest BCUT2D eigenvalue weighted by atomic mass is 9.77. The Labute approximate surface area is 119 Å². The molecular weight excluding hydrogens is 260 g/mol. The van der Waals surface area contributed by atoms with E-state index < -0.39 is 5.97 Å². The summed E-state index contributed by atoms with van der Waals surface area (Å²) in [5.74, 6) is 0.422. The van der Waals surface area contributed by atoms with Crippen molar-refractivity contribution in [3.63, 3.8) is 0 Å². The molecular formula is C16H19ClO2. The highest BCUT2D eigenvalue weighted by molar-refractivity contribution is 6.30. The second-order valence-corrected chi connectivity index (χ2v) is 5.68. The first-order valence-electron chi connectivity index (χ1n) is 6.80. The van der Waals surface area contributed by atoms with Gasteiger partial charge in [0.25, 0.3) is 0 Å². The second-order valence-electron chi connectivity index (χ2n) is 5.25. The first-order valence-corrected chi connectivity index (χ1v) is 7.18. The Morgan fingerprint density at radius 2 is 1.84 bits per heavy atom. The van der Waals surface area contributed by atoms with Gasteiger partial charge in [-0.25, -0.2) is 4.79 Å². The van der Waals surface area contributed by atoms with Gasteiger partial charge in [0.2, 0.25) is 0 Å². The summed E-state index contributed by atoms with van der Waals surface area (Å²) in [5.41, 5.74) is 1.38. The van der Waals surface area contributed by atoms with E-state index in [0.717, 1.165) is 11.4 Å². The number of halogens is 1. The number of carboxylic acids is 1. The van der Waals surface area contributed by atoms with Gasteiger partial charge in [-0.3, -0.25) is 0 Å². The van der Waals surface area contributed by atoms with E-state index in [4.69, 9.17) is 16.7 Å². The van der Waals surface area contributed by atoms with E-state index in [1.54, 1.807) is 6.08 Å². The van der Waals surface area contributed by atoms with Crippen molar-refractivity contribution in [2.24, 2.45) is 5.92 Å². The molecule has 1 aliphatic carbocycles. The third-order valence-corrected chi connectivity index (χ3v) is 4.17. The van der Waals surface area contributed by atoms with E-state index in [1.807, 2.05) is 12.1 Å². The second kappa shape index (κ2) is 6.76. The maximum Gasteiger partial charge on any atom is 0.327 e. The molecule has 3 heteroatoms. The Morgan fingerprint density at radius 3 is 2.42 bits per heavy atom. The van der Waals surface area contributed by atoms with Crippen molar-refractivity contribution in [2.75, 3.05) is 0 Å². The first-order chi connectivity index (χ1) is 9.15. The summed E-state index contributed by atoms with van der Waals surface area (Å²) in [6, 6.07) is 8.16. The van der Waals surface area contributed by atoms with Crippen molar-refractivity contribution in [3.8, 4) is 0 Å². The van der Waals surface area contributed by atoms with Crippen LogP contribution in [0.5, 0.6) is 0 Å².